The third-order valence-corrected chi connectivity index (χ3v) is 7.78. The minimum atomic E-state index is -1.43. The lowest BCUT2D eigenvalue weighted by Crippen LogP contribution is -2.55. The van der Waals surface area contributed by atoms with Gasteiger partial charge in [-0.3, -0.25) is 9.69 Å². The summed E-state index contributed by atoms with van der Waals surface area (Å²) < 4.78 is 5.48. The van der Waals surface area contributed by atoms with Crippen molar-refractivity contribution in [1.82, 2.24) is 0 Å². The normalized spacial score (nSPS) is 19.6. The van der Waals surface area contributed by atoms with E-state index >= 15 is 4.79 Å². The maximum Gasteiger partial charge on any atom is 0.284 e. The van der Waals surface area contributed by atoms with E-state index in [1.54, 1.807) is 12.0 Å². The number of benzene rings is 5. The average molecular weight is 549 g/mol. The SMILES string of the molecule is COc1ccc([C@@H]2C(c3ccccc3)=NN(c3ccccc3)[C@@]23N=C(c2ccccc2)N(c2ccccc2)C3=O)cc1. The summed E-state index contributed by atoms with van der Waals surface area (Å²) in [5.41, 5.74) is 3.56. The van der Waals surface area contributed by atoms with E-state index in [9.17, 15) is 0 Å². The molecule has 0 radical (unpaired) electrons. The Morgan fingerprint density at radius 3 is 1.74 bits per heavy atom. The minimum Gasteiger partial charge on any atom is -0.497 e. The number of nitrogens with zero attached hydrogens (tertiary/aromatic N) is 4. The number of aliphatic imine (C=N–C) groups is 1. The van der Waals surface area contributed by atoms with Gasteiger partial charge < -0.3 is 4.74 Å². The highest BCUT2D eigenvalue weighted by atomic mass is 16.5. The van der Waals surface area contributed by atoms with E-state index in [-0.39, 0.29) is 5.91 Å². The molecule has 0 bridgehead atoms. The van der Waals surface area contributed by atoms with Gasteiger partial charge >= 0.3 is 0 Å². The lowest BCUT2D eigenvalue weighted by molar-refractivity contribution is -0.121. The van der Waals surface area contributed by atoms with E-state index in [1.807, 2.05) is 151 Å². The van der Waals surface area contributed by atoms with Crippen molar-refractivity contribution < 1.29 is 9.53 Å². The number of amidine groups is 1. The van der Waals surface area contributed by atoms with E-state index in [2.05, 4.69) is 0 Å². The molecule has 1 spiro atoms. The summed E-state index contributed by atoms with van der Waals surface area (Å²) in [6, 6.07) is 47.3. The highest BCUT2D eigenvalue weighted by Gasteiger charge is 2.63. The topological polar surface area (TPSA) is 57.5 Å². The standard InChI is InChI=1S/C36H28N4O2/c1-42-31-24-22-26(23-25-31)32-33(27-14-6-2-7-15-27)38-40(30-20-12-5-13-21-30)36(32)35(41)39(29-18-10-4-11-19-29)34(37-36)28-16-8-3-9-17-28/h2-25,32H,1H3/t32-,36+/m1/s1. The van der Waals surface area contributed by atoms with Gasteiger partial charge in [-0.25, -0.2) is 10.0 Å². The van der Waals surface area contributed by atoms with Crippen molar-refractivity contribution in [1.29, 1.82) is 0 Å². The summed E-state index contributed by atoms with van der Waals surface area (Å²) in [4.78, 5) is 22.4. The third-order valence-electron chi connectivity index (χ3n) is 7.78. The molecule has 2 aliphatic rings. The smallest absolute Gasteiger partial charge is 0.284 e. The number of methoxy groups -OCH3 is 1. The number of hydrogen-bond acceptors (Lipinski definition) is 5. The fourth-order valence-electron chi connectivity index (χ4n) is 5.84. The Morgan fingerprint density at radius 2 is 1.17 bits per heavy atom. The molecule has 204 valence electrons. The number of anilines is 2. The summed E-state index contributed by atoms with van der Waals surface area (Å²) in [6.07, 6.45) is 0. The number of amides is 1. The summed E-state index contributed by atoms with van der Waals surface area (Å²) in [6.45, 7) is 0. The molecule has 0 aromatic heterocycles. The van der Waals surface area contributed by atoms with Crippen LogP contribution in [-0.2, 0) is 4.79 Å². The molecule has 2 heterocycles. The minimum absolute atomic E-state index is 0.174. The number of para-hydroxylation sites is 2. The molecule has 0 unspecified atom stereocenters. The van der Waals surface area contributed by atoms with Gasteiger partial charge in [0.15, 0.2) is 0 Å². The van der Waals surface area contributed by atoms with Crippen LogP contribution in [0.25, 0.3) is 0 Å². The van der Waals surface area contributed by atoms with Gasteiger partial charge in [0.1, 0.15) is 11.6 Å². The van der Waals surface area contributed by atoms with E-state index in [4.69, 9.17) is 14.8 Å². The van der Waals surface area contributed by atoms with E-state index in [0.717, 1.165) is 39.5 Å². The van der Waals surface area contributed by atoms with Crippen LogP contribution in [0.5, 0.6) is 5.75 Å². The van der Waals surface area contributed by atoms with Crippen molar-refractivity contribution >= 4 is 28.8 Å². The number of rotatable bonds is 6. The number of hydrazone groups is 1. The first-order valence-corrected chi connectivity index (χ1v) is 13.9. The molecule has 0 aliphatic carbocycles. The Labute approximate surface area is 244 Å². The largest absolute Gasteiger partial charge is 0.497 e. The van der Waals surface area contributed by atoms with Crippen molar-refractivity contribution in [2.75, 3.05) is 17.0 Å². The van der Waals surface area contributed by atoms with Gasteiger partial charge in [0, 0.05) is 5.56 Å². The Balaban J connectivity index is 1.53. The Morgan fingerprint density at radius 1 is 0.643 bits per heavy atom. The maximum absolute atomic E-state index is 15.3. The zero-order valence-corrected chi connectivity index (χ0v) is 23.0. The number of ether oxygens (including phenoxy) is 1. The van der Waals surface area contributed by atoms with Gasteiger partial charge in [0.2, 0.25) is 5.66 Å². The van der Waals surface area contributed by atoms with E-state index < -0.39 is 11.6 Å². The molecule has 5 aromatic carbocycles. The molecule has 1 amide bonds. The molecule has 7 rings (SSSR count). The second kappa shape index (κ2) is 10.5. The molecular formula is C36H28N4O2. The van der Waals surface area contributed by atoms with Crippen LogP contribution in [0.3, 0.4) is 0 Å². The highest BCUT2D eigenvalue weighted by molar-refractivity contribution is 6.32. The number of carbonyl (C=O) groups is 1. The van der Waals surface area contributed by atoms with E-state index in [1.165, 1.54) is 0 Å². The molecule has 5 aromatic rings. The van der Waals surface area contributed by atoms with Crippen LogP contribution < -0.4 is 14.6 Å². The monoisotopic (exact) mass is 548 g/mol. The van der Waals surface area contributed by atoms with Crippen molar-refractivity contribution in [2.45, 2.75) is 11.6 Å². The molecule has 42 heavy (non-hydrogen) atoms. The summed E-state index contributed by atoms with van der Waals surface area (Å²) >= 11 is 0. The van der Waals surface area contributed by atoms with Crippen LogP contribution in [0.15, 0.2) is 156 Å². The fraction of sp³-hybridized carbons (Fsp3) is 0.0833. The van der Waals surface area contributed by atoms with Crippen molar-refractivity contribution in [3.8, 4) is 5.75 Å². The molecule has 0 N–H and O–H groups in total. The third kappa shape index (κ3) is 4.08. The van der Waals surface area contributed by atoms with Crippen molar-refractivity contribution in [3.63, 3.8) is 0 Å². The lowest BCUT2D eigenvalue weighted by atomic mass is 9.80. The fourth-order valence-corrected chi connectivity index (χ4v) is 5.84. The molecule has 0 fully saturated rings. The highest BCUT2D eigenvalue weighted by Crippen LogP contribution is 2.50. The molecule has 0 saturated heterocycles. The predicted octanol–water partition coefficient (Wildman–Crippen LogP) is 6.89. The summed E-state index contributed by atoms with van der Waals surface area (Å²) in [5.74, 6) is 0.620. The Hall–Kier alpha value is -5.49. The number of carbonyl (C=O) groups excluding carboxylic acids is 1. The average Bonchev–Trinajstić information content (AvgIpc) is 3.57. The first-order chi connectivity index (χ1) is 20.7. The zero-order chi connectivity index (χ0) is 28.5. The van der Waals surface area contributed by atoms with Gasteiger partial charge in [-0.2, -0.15) is 5.10 Å². The van der Waals surface area contributed by atoms with Gasteiger partial charge in [-0.05, 0) is 47.5 Å². The first-order valence-electron chi connectivity index (χ1n) is 13.9. The van der Waals surface area contributed by atoms with Crippen molar-refractivity contribution in [3.05, 3.63) is 162 Å². The van der Waals surface area contributed by atoms with Gasteiger partial charge in [0.05, 0.1) is 30.1 Å². The van der Waals surface area contributed by atoms with Crippen LogP contribution in [0.2, 0.25) is 0 Å². The summed E-state index contributed by atoms with van der Waals surface area (Å²) in [7, 11) is 1.65. The second-order valence-electron chi connectivity index (χ2n) is 10.2. The van der Waals surface area contributed by atoms with Crippen LogP contribution in [0.4, 0.5) is 11.4 Å². The van der Waals surface area contributed by atoms with Gasteiger partial charge in [-0.15, -0.1) is 0 Å². The number of hydrogen-bond donors (Lipinski definition) is 0. The van der Waals surface area contributed by atoms with Gasteiger partial charge in [0.25, 0.3) is 5.91 Å². The van der Waals surface area contributed by atoms with Crippen LogP contribution in [0, 0.1) is 0 Å². The van der Waals surface area contributed by atoms with E-state index in [0.29, 0.717) is 5.84 Å². The molecular weight excluding hydrogens is 520 g/mol. The molecule has 6 nitrogen and oxygen atoms in total. The molecule has 2 atom stereocenters. The Bertz CT molecular complexity index is 1770. The molecule has 2 aliphatic heterocycles. The molecule has 6 heteroatoms. The zero-order valence-electron chi connectivity index (χ0n) is 23.0. The van der Waals surface area contributed by atoms with Gasteiger partial charge in [-0.1, -0.05) is 109 Å². The summed E-state index contributed by atoms with van der Waals surface area (Å²) in [5, 5.41) is 7.05. The lowest BCUT2D eigenvalue weighted by Gasteiger charge is -2.35. The van der Waals surface area contributed by atoms with Crippen molar-refractivity contribution in [2.24, 2.45) is 10.1 Å². The predicted molar refractivity (Wildman–Crippen MR) is 167 cm³/mol. The van der Waals surface area contributed by atoms with Crippen LogP contribution in [-0.4, -0.2) is 30.2 Å². The second-order valence-corrected chi connectivity index (χ2v) is 10.2. The first kappa shape index (κ1) is 25.5. The van der Waals surface area contributed by atoms with Crippen LogP contribution >= 0.6 is 0 Å². The molecule has 0 saturated carbocycles. The Kier molecular flexibility index (Phi) is 6.36. The van der Waals surface area contributed by atoms with Crippen LogP contribution in [0.1, 0.15) is 22.6 Å². The maximum atomic E-state index is 15.3. The quantitative estimate of drug-likeness (QED) is 0.232.